The van der Waals surface area contributed by atoms with Crippen LogP contribution in [0.5, 0.6) is 5.75 Å². The zero-order chi connectivity index (χ0) is 21.0. The molecule has 0 aliphatic carbocycles. The van der Waals surface area contributed by atoms with Gasteiger partial charge in [-0.2, -0.15) is 5.10 Å². The number of benzene rings is 2. The number of hydrogen-bond donors (Lipinski definition) is 3. The van der Waals surface area contributed by atoms with Crippen molar-refractivity contribution in [2.24, 2.45) is 0 Å². The smallest absolute Gasteiger partial charge is 0.341 e. The minimum absolute atomic E-state index is 0.00486. The SMILES string of the molecule is Cc1cc(S(=O)(=O)Nc2cccc(-c3ccc(=O)[nH]n3)c2)ccc1OCC(=O)O. The number of aryl methyl sites for hydroxylation is 1. The van der Waals surface area contributed by atoms with Crippen LogP contribution in [-0.4, -0.2) is 36.3 Å². The van der Waals surface area contributed by atoms with E-state index in [1.807, 2.05) is 0 Å². The Morgan fingerprint density at radius 1 is 1.17 bits per heavy atom. The van der Waals surface area contributed by atoms with E-state index in [4.69, 9.17) is 9.84 Å². The number of hydrogen-bond acceptors (Lipinski definition) is 6. The number of anilines is 1. The Morgan fingerprint density at radius 3 is 2.62 bits per heavy atom. The van der Waals surface area contributed by atoms with Crippen molar-refractivity contribution in [3.8, 4) is 17.0 Å². The van der Waals surface area contributed by atoms with Crippen LogP contribution in [0.3, 0.4) is 0 Å². The molecule has 0 atom stereocenters. The second-order valence-corrected chi connectivity index (χ2v) is 7.78. The van der Waals surface area contributed by atoms with Gasteiger partial charge in [0.25, 0.3) is 15.6 Å². The fourth-order valence-electron chi connectivity index (χ4n) is 2.55. The van der Waals surface area contributed by atoms with Crippen molar-refractivity contribution in [3.63, 3.8) is 0 Å². The lowest BCUT2D eigenvalue weighted by Gasteiger charge is -2.12. The Bertz CT molecular complexity index is 1200. The summed E-state index contributed by atoms with van der Waals surface area (Å²) in [6.45, 7) is 1.11. The number of nitrogens with zero attached hydrogens (tertiary/aromatic N) is 1. The van der Waals surface area contributed by atoms with Crippen LogP contribution in [0.25, 0.3) is 11.3 Å². The van der Waals surface area contributed by atoms with Crippen molar-refractivity contribution in [2.45, 2.75) is 11.8 Å². The number of aromatic nitrogens is 2. The van der Waals surface area contributed by atoms with Gasteiger partial charge in [0.05, 0.1) is 10.6 Å². The van der Waals surface area contributed by atoms with Crippen LogP contribution in [0.15, 0.2) is 64.3 Å². The average Bonchev–Trinajstić information content (AvgIpc) is 2.67. The standard InChI is InChI=1S/C19H17N3O6S/c1-12-9-15(5-7-17(12)28-11-19(24)25)29(26,27)22-14-4-2-3-13(10-14)16-6-8-18(23)21-20-16/h2-10,22H,11H2,1H3,(H,21,23)(H,24,25). The maximum absolute atomic E-state index is 12.7. The first kappa shape index (κ1) is 20.1. The second-order valence-electron chi connectivity index (χ2n) is 6.10. The molecule has 0 aliphatic heterocycles. The fourth-order valence-corrected chi connectivity index (χ4v) is 3.69. The molecule has 0 fully saturated rings. The Kier molecular flexibility index (Phi) is 5.64. The van der Waals surface area contributed by atoms with E-state index in [2.05, 4.69) is 14.9 Å². The van der Waals surface area contributed by atoms with Crippen LogP contribution >= 0.6 is 0 Å². The molecule has 2 aromatic carbocycles. The molecule has 0 saturated carbocycles. The van der Waals surface area contributed by atoms with E-state index in [-0.39, 0.29) is 16.2 Å². The Hall–Kier alpha value is -3.66. The highest BCUT2D eigenvalue weighted by Gasteiger charge is 2.16. The first-order chi connectivity index (χ1) is 13.7. The van der Waals surface area contributed by atoms with Gasteiger partial charge < -0.3 is 9.84 Å². The van der Waals surface area contributed by atoms with Crippen molar-refractivity contribution in [1.82, 2.24) is 10.2 Å². The molecule has 0 amide bonds. The third-order valence-corrected chi connectivity index (χ3v) is 5.28. The van der Waals surface area contributed by atoms with E-state index < -0.39 is 22.6 Å². The highest BCUT2D eigenvalue weighted by Crippen LogP contribution is 2.25. The number of nitrogens with one attached hydrogen (secondary N) is 2. The minimum Gasteiger partial charge on any atom is -0.482 e. The van der Waals surface area contributed by atoms with Gasteiger partial charge in [0.15, 0.2) is 6.61 Å². The van der Waals surface area contributed by atoms with Gasteiger partial charge in [-0.25, -0.2) is 18.3 Å². The minimum atomic E-state index is -3.89. The number of H-pyrrole nitrogens is 1. The number of ether oxygens (including phenoxy) is 1. The van der Waals surface area contributed by atoms with E-state index in [1.165, 1.54) is 30.3 Å². The molecule has 0 radical (unpaired) electrons. The van der Waals surface area contributed by atoms with Crippen molar-refractivity contribution < 1.29 is 23.1 Å². The molecule has 0 spiro atoms. The summed E-state index contributed by atoms with van der Waals surface area (Å²) in [6.07, 6.45) is 0. The van der Waals surface area contributed by atoms with Crippen molar-refractivity contribution in [2.75, 3.05) is 11.3 Å². The number of carboxylic acids is 1. The van der Waals surface area contributed by atoms with Crippen LogP contribution in [0.4, 0.5) is 5.69 Å². The zero-order valence-corrected chi connectivity index (χ0v) is 16.1. The molecule has 1 heterocycles. The summed E-state index contributed by atoms with van der Waals surface area (Å²) >= 11 is 0. The van der Waals surface area contributed by atoms with Gasteiger partial charge in [-0.1, -0.05) is 12.1 Å². The van der Waals surface area contributed by atoms with E-state index in [0.29, 0.717) is 22.5 Å². The van der Waals surface area contributed by atoms with Crippen molar-refractivity contribution in [1.29, 1.82) is 0 Å². The third-order valence-electron chi connectivity index (χ3n) is 3.90. The van der Waals surface area contributed by atoms with Crippen molar-refractivity contribution in [3.05, 3.63) is 70.5 Å². The van der Waals surface area contributed by atoms with E-state index in [1.54, 1.807) is 31.2 Å². The number of carbonyl (C=O) groups is 1. The largest absolute Gasteiger partial charge is 0.482 e. The van der Waals surface area contributed by atoms with E-state index in [0.717, 1.165) is 0 Å². The van der Waals surface area contributed by atoms with E-state index in [9.17, 15) is 18.0 Å². The third kappa shape index (κ3) is 4.99. The predicted octanol–water partition coefficient (Wildman–Crippen LogP) is 2.01. The summed E-state index contributed by atoms with van der Waals surface area (Å²) in [5.74, 6) is -0.836. The summed E-state index contributed by atoms with van der Waals surface area (Å²) < 4.78 is 33.0. The molecule has 29 heavy (non-hydrogen) atoms. The summed E-state index contributed by atoms with van der Waals surface area (Å²) in [7, 11) is -3.89. The number of sulfonamides is 1. The topological polar surface area (TPSA) is 138 Å². The number of rotatable bonds is 7. The molecule has 9 nitrogen and oxygen atoms in total. The first-order valence-electron chi connectivity index (χ1n) is 8.39. The van der Waals surface area contributed by atoms with Crippen LogP contribution in [0.1, 0.15) is 5.56 Å². The van der Waals surface area contributed by atoms with Gasteiger partial charge in [0, 0.05) is 17.3 Å². The highest BCUT2D eigenvalue weighted by molar-refractivity contribution is 7.92. The molecule has 3 N–H and O–H groups in total. The summed E-state index contributed by atoms with van der Waals surface area (Å²) in [4.78, 5) is 21.8. The predicted molar refractivity (Wildman–Crippen MR) is 105 cm³/mol. The molecule has 3 aromatic rings. The molecule has 3 rings (SSSR count). The molecule has 0 aliphatic rings. The zero-order valence-electron chi connectivity index (χ0n) is 15.2. The summed E-state index contributed by atoms with van der Waals surface area (Å²) in [5, 5.41) is 14.9. The molecular formula is C19H17N3O6S. The molecule has 0 saturated heterocycles. The van der Waals surface area contributed by atoms with Crippen LogP contribution in [0.2, 0.25) is 0 Å². The van der Waals surface area contributed by atoms with Crippen LogP contribution < -0.4 is 15.0 Å². The molecular weight excluding hydrogens is 398 g/mol. The quantitative estimate of drug-likeness (QED) is 0.536. The van der Waals surface area contributed by atoms with Gasteiger partial charge in [-0.15, -0.1) is 0 Å². The number of aromatic amines is 1. The number of aliphatic carboxylic acids is 1. The molecule has 0 bridgehead atoms. The fraction of sp³-hybridized carbons (Fsp3) is 0.105. The van der Waals surface area contributed by atoms with Crippen molar-refractivity contribution >= 4 is 21.7 Å². The lowest BCUT2D eigenvalue weighted by Crippen LogP contribution is -2.14. The molecule has 0 unspecified atom stereocenters. The van der Waals surface area contributed by atoms with Crippen LogP contribution in [-0.2, 0) is 14.8 Å². The Morgan fingerprint density at radius 2 is 1.97 bits per heavy atom. The second kappa shape index (κ2) is 8.15. The Balaban J connectivity index is 1.83. The Labute approximate surface area is 166 Å². The lowest BCUT2D eigenvalue weighted by atomic mass is 10.1. The molecule has 10 heteroatoms. The maximum Gasteiger partial charge on any atom is 0.341 e. The normalized spacial score (nSPS) is 11.1. The summed E-state index contributed by atoms with van der Waals surface area (Å²) in [6, 6.07) is 13.6. The first-order valence-corrected chi connectivity index (χ1v) is 9.87. The molecule has 150 valence electrons. The van der Waals surface area contributed by atoms with Gasteiger partial charge in [-0.05, 0) is 48.9 Å². The lowest BCUT2D eigenvalue weighted by molar-refractivity contribution is -0.139. The average molecular weight is 415 g/mol. The van der Waals surface area contributed by atoms with E-state index >= 15 is 0 Å². The van der Waals surface area contributed by atoms with Crippen LogP contribution in [0, 0.1) is 6.92 Å². The summed E-state index contributed by atoms with van der Waals surface area (Å²) in [5.41, 5.74) is 1.58. The maximum atomic E-state index is 12.7. The van der Waals surface area contributed by atoms with Gasteiger partial charge in [-0.3, -0.25) is 9.52 Å². The molecule has 1 aromatic heterocycles. The van der Waals surface area contributed by atoms with Gasteiger partial charge in [0.2, 0.25) is 0 Å². The highest BCUT2D eigenvalue weighted by atomic mass is 32.2. The van der Waals surface area contributed by atoms with Gasteiger partial charge >= 0.3 is 5.97 Å². The monoisotopic (exact) mass is 415 g/mol. The number of carboxylic acid groups (broad SMARTS) is 1. The van der Waals surface area contributed by atoms with Gasteiger partial charge in [0.1, 0.15) is 5.75 Å².